The number of aromatic amines is 1. The Balaban J connectivity index is 1.42. The van der Waals surface area contributed by atoms with Crippen LogP contribution in [0.2, 0.25) is 0 Å². The molecule has 4 rings (SSSR count). The highest BCUT2D eigenvalue weighted by Crippen LogP contribution is 2.27. The van der Waals surface area contributed by atoms with Crippen LogP contribution in [0.4, 0.5) is 0 Å². The highest BCUT2D eigenvalue weighted by Gasteiger charge is 2.23. The number of rotatable bonds is 5. The van der Waals surface area contributed by atoms with E-state index in [1.807, 2.05) is 48.5 Å². The van der Waals surface area contributed by atoms with Crippen LogP contribution in [0, 0.1) is 5.92 Å². The summed E-state index contributed by atoms with van der Waals surface area (Å²) in [4.78, 5) is 12.8. The third-order valence-electron chi connectivity index (χ3n) is 5.08. The Kier molecular flexibility index (Phi) is 5.28. The molecule has 0 bridgehead atoms. The predicted octanol–water partition coefficient (Wildman–Crippen LogP) is 3.34. The number of nitrogens with one attached hydrogen (secondary N) is 2. The molecule has 2 N–H and O–H groups in total. The molecule has 0 aliphatic carbocycles. The summed E-state index contributed by atoms with van der Waals surface area (Å²) in [5, 5.41) is 10.2. The summed E-state index contributed by atoms with van der Waals surface area (Å²) >= 11 is 0. The van der Waals surface area contributed by atoms with Gasteiger partial charge in [0.1, 0.15) is 11.5 Å². The number of fused-ring (bicyclic) bond motifs is 1. The quantitative estimate of drug-likeness (QED) is 0.715. The minimum Gasteiger partial charge on any atom is -0.497 e. The molecule has 6 heteroatoms. The van der Waals surface area contributed by atoms with Crippen molar-refractivity contribution >= 4 is 5.91 Å². The minimum atomic E-state index is -0.0972. The molecule has 0 spiro atoms. The van der Waals surface area contributed by atoms with E-state index < -0.39 is 0 Å². The van der Waals surface area contributed by atoms with Crippen LogP contribution in [0.15, 0.2) is 54.7 Å². The minimum absolute atomic E-state index is 0.0437. The lowest BCUT2D eigenvalue weighted by Crippen LogP contribution is -2.31. The van der Waals surface area contributed by atoms with Gasteiger partial charge in [0.05, 0.1) is 25.6 Å². The molecule has 1 aromatic heterocycles. The number of hydrogen-bond acceptors (Lipinski definition) is 4. The average Bonchev–Trinajstić information content (AvgIpc) is 3.10. The number of ether oxygens (including phenoxy) is 2. The van der Waals surface area contributed by atoms with E-state index in [0.717, 1.165) is 33.9 Å². The maximum absolute atomic E-state index is 12.8. The molecule has 0 saturated carbocycles. The lowest BCUT2D eigenvalue weighted by atomic mass is 9.96. The molecule has 1 amide bonds. The van der Waals surface area contributed by atoms with Crippen molar-refractivity contribution < 1.29 is 14.3 Å². The van der Waals surface area contributed by atoms with Crippen molar-refractivity contribution in [2.75, 3.05) is 13.7 Å². The van der Waals surface area contributed by atoms with Crippen molar-refractivity contribution in [3.63, 3.8) is 0 Å². The number of para-hydroxylation sites is 1. The Morgan fingerprint density at radius 2 is 2.07 bits per heavy atom. The van der Waals surface area contributed by atoms with E-state index in [1.165, 1.54) is 0 Å². The highest BCUT2D eigenvalue weighted by atomic mass is 16.5. The topological polar surface area (TPSA) is 76.2 Å². The first-order valence-electron chi connectivity index (χ1n) is 9.39. The molecule has 1 aliphatic heterocycles. The molecule has 1 atom stereocenters. The highest BCUT2D eigenvalue weighted by molar-refractivity contribution is 5.79. The Bertz CT molecular complexity index is 950. The number of carbonyl (C=O) groups excluding carboxylic acids is 1. The van der Waals surface area contributed by atoms with E-state index >= 15 is 0 Å². The Morgan fingerprint density at radius 3 is 2.89 bits per heavy atom. The number of aromatic nitrogens is 2. The molecule has 1 unspecified atom stereocenters. The Hall–Kier alpha value is -3.28. The Morgan fingerprint density at radius 1 is 1.25 bits per heavy atom. The maximum atomic E-state index is 12.8. The second kappa shape index (κ2) is 8.17. The summed E-state index contributed by atoms with van der Waals surface area (Å²) in [6, 6.07) is 15.7. The van der Waals surface area contributed by atoms with Gasteiger partial charge >= 0.3 is 0 Å². The van der Waals surface area contributed by atoms with Crippen molar-refractivity contribution in [3.05, 3.63) is 65.9 Å². The van der Waals surface area contributed by atoms with Crippen molar-refractivity contribution in [3.8, 4) is 22.8 Å². The van der Waals surface area contributed by atoms with Crippen molar-refractivity contribution in [1.82, 2.24) is 15.5 Å². The molecular formula is C22H23N3O3. The second-order valence-electron chi connectivity index (χ2n) is 6.86. The average molecular weight is 377 g/mol. The number of amides is 1. The fraction of sp³-hybridized carbons (Fsp3) is 0.273. The fourth-order valence-electron chi connectivity index (χ4n) is 3.50. The molecule has 0 saturated heterocycles. The lowest BCUT2D eigenvalue weighted by molar-refractivity contribution is -0.125. The van der Waals surface area contributed by atoms with Crippen LogP contribution in [0.3, 0.4) is 0 Å². The molecule has 28 heavy (non-hydrogen) atoms. The largest absolute Gasteiger partial charge is 0.497 e. The summed E-state index contributed by atoms with van der Waals surface area (Å²) in [6.07, 6.45) is 3.15. The predicted molar refractivity (Wildman–Crippen MR) is 106 cm³/mol. The third-order valence-corrected chi connectivity index (χ3v) is 5.08. The first-order chi connectivity index (χ1) is 13.7. The van der Waals surface area contributed by atoms with Crippen LogP contribution in [-0.4, -0.2) is 29.8 Å². The van der Waals surface area contributed by atoms with E-state index in [0.29, 0.717) is 26.0 Å². The van der Waals surface area contributed by atoms with E-state index in [4.69, 9.17) is 9.47 Å². The van der Waals surface area contributed by atoms with Crippen LogP contribution < -0.4 is 14.8 Å². The smallest absolute Gasteiger partial charge is 0.223 e. The number of H-pyrrole nitrogens is 1. The second-order valence-corrected chi connectivity index (χ2v) is 6.86. The molecule has 0 fully saturated rings. The molecule has 144 valence electrons. The number of nitrogens with zero attached hydrogens (tertiary/aromatic N) is 1. The number of methoxy groups -OCH3 is 1. The SMILES string of the molecule is COc1ccc(-c2[nH]ncc2CNC(=O)C2CCOc3ccccc3C2)cc1. The van der Waals surface area contributed by atoms with Gasteiger partial charge in [-0.15, -0.1) is 0 Å². The van der Waals surface area contributed by atoms with Gasteiger partial charge in [0.2, 0.25) is 5.91 Å². The van der Waals surface area contributed by atoms with Crippen molar-refractivity contribution in [1.29, 1.82) is 0 Å². The molecule has 6 nitrogen and oxygen atoms in total. The van der Waals surface area contributed by atoms with Gasteiger partial charge < -0.3 is 14.8 Å². The molecule has 1 aliphatic rings. The molecule has 2 heterocycles. The van der Waals surface area contributed by atoms with Crippen molar-refractivity contribution in [2.45, 2.75) is 19.4 Å². The molecule has 0 radical (unpaired) electrons. The van der Waals surface area contributed by atoms with Gasteiger partial charge in [0, 0.05) is 23.6 Å². The van der Waals surface area contributed by atoms with Crippen LogP contribution in [0.1, 0.15) is 17.5 Å². The molecular weight excluding hydrogens is 354 g/mol. The first-order valence-corrected chi connectivity index (χ1v) is 9.39. The van der Waals surface area contributed by atoms with Gasteiger partial charge in [-0.2, -0.15) is 5.10 Å². The zero-order valence-corrected chi connectivity index (χ0v) is 15.8. The van der Waals surface area contributed by atoms with E-state index in [-0.39, 0.29) is 11.8 Å². The van der Waals surface area contributed by atoms with Crippen LogP contribution in [0.25, 0.3) is 11.3 Å². The summed E-state index contributed by atoms with van der Waals surface area (Å²) in [5.41, 5.74) is 3.93. The van der Waals surface area contributed by atoms with Gasteiger partial charge in [-0.3, -0.25) is 9.89 Å². The Labute approximate surface area is 163 Å². The normalized spacial score (nSPS) is 15.8. The zero-order chi connectivity index (χ0) is 19.3. The fourth-order valence-corrected chi connectivity index (χ4v) is 3.50. The van der Waals surface area contributed by atoms with Gasteiger partial charge in [0.15, 0.2) is 0 Å². The molecule has 3 aromatic rings. The summed E-state index contributed by atoms with van der Waals surface area (Å²) < 4.78 is 11.0. The molecule has 2 aromatic carbocycles. The third kappa shape index (κ3) is 3.86. The van der Waals surface area contributed by atoms with Gasteiger partial charge in [0.25, 0.3) is 0 Å². The maximum Gasteiger partial charge on any atom is 0.223 e. The van der Waals surface area contributed by atoms with Gasteiger partial charge in [-0.25, -0.2) is 0 Å². The van der Waals surface area contributed by atoms with Crippen LogP contribution >= 0.6 is 0 Å². The van der Waals surface area contributed by atoms with E-state index in [2.05, 4.69) is 15.5 Å². The number of hydrogen-bond donors (Lipinski definition) is 2. The van der Waals surface area contributed by atoms with E-state index in [9.17, 15) is 4.79 Å². The van der Waals surface area contributed by atoms with Crippen molar-refractivity contribution in [2.24, 2.45) is 5.92 Å². The van der Waals surface area contributed by atoms with Gasteiger partial charge in [-0.1, -0.05) is 18.2 Å². The van der Waals surface area contributed by atoms with Crippen LogP contribution in [0.5, 0.6) is 11.5 Å². The lowest BCUT2D eigenvalue weighted by Gasteiger charge is -2.14. The van der Waals surface area contributed by atoms with Crippen LogP contribution in [-0.2, 0) is 17.8 Å². The monoisotopic (exact) mass is 377 g/mol. The summed E-state index contributed by atoms with van der Waals surface area (Å²) in [7, 11) is 1.64. The zero-order valence-electron chi connectivity index (χ0n) is 15.8. The van der Waals surface area contributed by atoms with Gasteiger partial charge in [-0.05, 0) is 48.7 Å². The standard InChI is InChI=1S/C22H23N3O3/c1-27-19-8-6-15(7-9-19)21-18(14-24-25-21)13-23-22(26)17-10-11-28-20-5-3-2-4-16(20)12-17/h2-9,14,17H,10-13H2,1H3,(H,23,26)(H,24,25). The number of carbonyl (C=O) groups is 1. The summed E-state index contributed by atoms with van der Waals surface area (Å²) in [5.74, 6) is 1.63. The summed E-state index contributed by atoms with van der Waals surface area (Å²) in [6.45, 7) is 0.980. The first kappa shape index (κ1) is 18.1. The van der Waals surface area contributed by atoms with E-state index in [1.54, 1.807) is 13.3 Å². The number of benzene rings is 2.